The second-order valence-electron chi connectivity index (χ2n) is 3.98. The molecule has 2 N–H and O–H groups in total. The number of aliphatic carboxylic acids is 1. The Morgan fingerprint density at radius 2 is 2.13 bits per heavy atom. The molecule has 0 heterocycles. The summed E-state index contributed by atoms with van der Waals surface area (Å²) in [6.07, 6.45) is 2.18. The maximum Gasteiger partial charge on any atom is 0.306 e. The average Bonchev–Trinajstić information content (AvgIpc) is 2.51. The van der Waals surface area contributed by atoms with Crippen LogP contribution >= 0.6 is 0 Å². The molecule has 0 aliphatic heterocycles. The Hall–Kier alpha value is -0.620. The second-order valence-corrected chi connectivity index (χ2v) is 5.86. The van der Waals surface area contributed by atoms with E-state index in [0.717, 1.165) is 0 Å². The molecule has 0 unspecified atom stereocenters. The van der Waals surface area contributed by atoms with E-state index in [9.17, 15) is 13.2 Å². The molecular weight excluding hydrogens is 218 g/mol. The fourth-order valence-electron chi connectivity index (χ4n) is 1.89. The van der Waals surface area contributed by atoms with E-state index in [1.54, 1.807) is 6.92 Å². The molecule has 0 aromatic carbocycles. The van der Waals surface area contributed by atoms with Crippen molar-refractivity contribution in [2.45, 2.75) is 38.6 Å². The highest BCUT2D eigenvalue weighted by Crippen LogP contribution is 2.26. The smallest absolute Gasteiger partial charge is 0.306 e. The van der Waals surface area contributed by atoms with E-state index < -0.39 is 16.0 Å². The van der Waals surface area contributed by atoms with Gasteiger partial charge in [0.05, 0.1) is 11.7 Å². The molecule has 1 rings (SSSR count). The predicted octanol–water partition coefficient (Wildman–Crippen LogP) is 0.569. The first-order chi connectivity index (χ1) is 6.94. The Kier molecular flexibility index (Phi) is 4.10. The van der Waals surface area contributed by atoms with Gasteiger partial charge in [-0.25, -0.2) is 13.1 Å². The zero-order valence-electron chi connectivity index (χ0n) is 8.77. The Morgan fingerprint density at radius 3 is 2.60 bits per heavy atom. The first-order valence-electron chi connectivity index (χ1n) is 5.17. The first kappa shape index (κ1) is 12.4. The lowest BCUT2D eigenvalue weighted by Gasteiger charge is -2.11. The molecule has 5 nitrogen and oxygen atoms in total. The normalized spacial score (nSPS) is 26.7. The summed E-state index contributed by atoms with van der Waals surface area (Å²) in [6, 6.07) is -0.192. The summed E-state index contributed by atoms with van der Waals surface area (Å²) in [7, 11) is -3.21. The van der Waals surface area contributed by atoms with Gasteiger partial charge in [0.25, 0.3) is 0 Å². The topological polar surface area (TPSA) is 83.5 Å². The Morgan fingerprint density at radius 1 is 1.47 bits per heavy atom. The summed E-state index contributed by atoms with van der Waals surface area (Å²) in [6.45, 7) is 1.80. The fourth-order valence-corrected chi connectivity index (χ4v) is 3.27. The maximum absolute atomic E-state index is 11.4. The summed E-state index contributed by atoms with van der Waals surface area (Å²) in [5.41, 5.74) is 0. The number of carbonyl (C=O) groups is 1. The van der Waals surface area contributed by atoms with E-state index >= 15 is 0 Å². The van der Waals surface area contributed by atoms with Crippen molar-refractivity contribution in [3.05, 3.63) is 0 Å². The molecule has 1 aliphatic carbocycles. The second kappa shape index (κ2) is 4.94. The van der Waals surface area contributed by atoms with Gasteiger partial charge in [-0.05, 0) is 25.7 Å². The molecule has 0 aromatic heterocycles. The van der Waals surface area contributed by atoms with Crippen LogP contribution in [0.1, 0.15) is 32.6 Å². The molecule has 0 saturated heterocycles. The van der Waals surface area contributed by atoms with Crippen LogP contribution in [0.2, 0.25) is 0 Å². The number of carboxylic acid groups (broad SMARTS) is 1. The highest BCUT2D eigenvalue weighted by atomic mass is 32.2. The van der Waals surface area contributed by atoms with Crippen LogP contribution in [0, 0.1) is 5.92 Å². The molecule has 1 aliphatic rings. The minimum absolute atomic E-state index is 0.112. The molecule has 1 saturated carbocycles. The van der Waals surface area contributed by atoms with Crippen molar-refractivity contribution in [3.8, 4) is 0 Å². The van der Waals surface area contributed by atoms with Crippen LogP contribution in [0.15, 0.2) is 0 Å². The maximum atomic E-state index is 11.4. The van der Waals surface area contributed by atoms with Gasteiger partial charge in [-0.15, -0.1) is 0 Å². The number of hydrogen-bond acceptors (Lipinski definition) is 3. The molecule has 0 amide bonds. The van der Waals surface area contributed by atoms with Crippen LogP contribution in [-0.2, 0) is 14.8 Å². The van der Waals surface area contributed by atoms with Crippen molar-refractivity contribution in [3.63, 3.8) is 0 Å². The number of nitrogens with one attached hydrogen (secondary N) is 1. The molecule has 88 valence electrons. The summed E-state index contributed by atoms with van der Waals surface area (Å²) < 4.78 is 25.4. The van der Waals surface area contributed by atoms with Crippen LogP contribution < -0.4 is 4.72 Å². The zero-order chi connectivity index (χ0) is 11.5. The quantitative estimate of drug-likeness (QED) is 0.729. The van der Waals surface area contributed by atoms with Crippen LogP contribution in [0.5, 0.6) is 0 Å². The third-order valence-corrected chi connectivity index (χ3v) is 4.24. The van der Waals surface area contributed by atoms with Gasteiger partial charge in [0, 0.05) is 6.04 Å². The van der Waals surface area contributed by atoms with Crippen molar-refractivity contribution in [2.24, 2.45) is 5.92 Å². The van der Waals surface area contributed by atoms with Crippen molar-refractivity contribution in [1.82, 2.24) is 4.72 Å². The predicted molar refractivity (Wildman–Crippen MR) is 56.0 cm³/mol. The van der Waals surface area contributed by atoms with Gasteiger partial charge >= 0.3 is 5.97 Å². The molecule has 0 spiro atoms. The third kappa shape index (κ3) is 3.79. The summed E-state index contributed by atoms with van der Waals surface area (Å²) >= 11 is 0. The Bertz CT molecular complexity index is 325. The van der Waals surface area contributed by atoms with E-state index in [1.165, 1.54) is 0 Å². The SMILES string of the molecule is CCCS(=O)(=O)N[C@H]1CC[C@@H](C(=O)O)C1. The van der Waals surface area contributed by atoms with Gasteiger partial charge in [0.2, 0.25) is 10.0 Å². The number of rotatable bonds is 5. The zero-order valence-corrected chi connectivity index (χ0v) is 9.59. The minimum Gasteiger partial charge on any atom is -0.481 e. The minimum atomic E-state index is -3.21. The summed E-state index contributed by atoms with van der Waals surface area (Å²) in [4.78, 5) is 10.7. The molecular formula is C9H17NO4S. The van der Waals surface area contributed by atoms with E-state index in [-0.39, 0.29) is 17.7 Å². The lowest BCUT2D eigenvalue weighted by Crippen LogP contribution is -2.34. The summed E-state index contributed by atoms with van der Waals surface area (Å²) in [5, 5.41) is 8.76. The number of sulfonamides is 1. The Labute approximate surface area is 89.9 Å². The van der Waals surface area contributed by atoms with Crippen LogP contribution in [-0.4, -0.2) is 31.3 Å². The highest BCUT2D eigenvalue weighted by molar-refractivity contribution is 7.89. The van der Waals surface area contributed by atoms with E-state index in [2.05, 4.69) is 4.72 Å². The average molecular weight is 235 g/mol. The van der Waals surface area contributed by atoms with E-state index in [0.29, 0.717) is 25.7 Å². The van der Waals surface area contributed by atoms with Crippen molar-refractivity contribution >= 4 is 16.0 Å². The molecule has 6 heteroatoms. The van der Waals surface area contributed by atoms with E-state index in [4.69, 9.17) is 5.11 Å². The fraction of sp³-hybridized carbons (Fsp3) is 0.889. The number of hydrogen-bond donors (Lipinski definition) is 2. The molecule has 0 radical (unpaired) electrons. The standard InChI is InChI=1S/C9H17NO4S/c1-2-5-15(13,14)10-8-4-3-7(6-8)9(11)12/h7-8,10H,2-6H2,1H3,(H,11,12)/t7-,8+/m1/s1. The number of carboxylic acids is 1. The van der Waals surface area contributed by atoms with Crippen LogP contribution in [0.3, 0.4) is 0 Å². The third-order valence-electron chi connectivity index (χ3n) is 2.60. The van der Waals surface area contributed by atoms with Gasteiger partial charge in [-0.1, -0.05) is 6.92 Å². The van der Waals surface area contributed by atoms with E-state index in [1.807, 2.05) is 0 Å². The molecule has 0 aromatic rings. The van der Waals surface area contributed by atoms with Gasteiger partial charge < -0.3 is 5.11 Å². The van der Waals surface area contributed by atoms with Crippen molar-refractivity contribution in [1.29, 1.82) is 0 Å². The molecule has 0 bridgehead atoms. The van der Waals surface area contributed by atoms with Crippen molar-refractivity contribution < 1.29 is 18.3 Å². The lowest BCUT2D eigenvalue weighted by atomic mass is 10.1. The largest absolute Gasteiger partial charge is 0.481 e. The molecule has 1 fully saturated rings. The molecule has 15 heavy (non-hydrogen) atoms. The summed E-state index contributed by atoms with van der Waals surface area (Å²) in [5.74, 6) is -1.10. The van der Waals surface area contributed by atoms with Crippen molar-refractivity contribution in [2.75, 3.05) is 5.75 Å². The van der Waals surface area contributed by atoms with Gasteiger partial charge in [0.15, 0.2) is 0 Å². The van der Waals surface area contributed by atoms with Gasteiger partial charge in [-0.3, -0.25) is 4.79 Å². The van der Waals surface area contributed by atoms with Crippen LogP contribution in [0.4, 0.5) is 0 Å². The first-order valence-corrected chi connectivity index (χ1v) is 6.82. The van der Waals surface area contributed by atoms with Gasteiger partial charge in [0.1, 0.15) is 0 Å². The lowest BCUT2D eigenvalue weighted by molar-refractivity contribution is -0.141. The van der Waals surface area contributed by atoms with Gasteiger partial charge in [-0.2, -0.15) is 0 Å². The molecule has 2 atom stereocenters. The highest BCUT2D eigenvalue weighted by Gasteiger charge is 2.31. The Balaban J connectivity index is 2.46. The monoisotopic (exact) mass is 235 g/mol. The van der Waals surface area contributed by atoms with Crippen LogP contribution in [0.25, 0.3) is 0 Å².